The Morgan fingerprint density at radius 1 is 0.968 bits per heavy atom. The highest BCUT2D eigenvalue weighted by atomic mass is 19.4. The zero-order valence-electron chi connectivity index (χ0n) is 17.4. The van der Waals surface area contributed by atoms with Gasteiger partial charge < -0.3 is 20.5 Å². The van der Waals surface area contributed by atoms with Gasteiger partial charge in [-0.25, -0.2) is 0 Å². The van der Waals surface area contributed by atoms with E-state index in [0.717, 1.165) is 11.1 Å². The Bertz CT molecular complexity index is 859. The van der Waals surface area contributed by atoms with Gasteiger partial charge in [-0.3, -0.25) is 4.79 Å². The summed E-state index contributed by atoms with van der Waals surface area (Å²) < 4.78 is 51.1. The number of benzene rings is 2. The summed E-state index contributed by atoms with van der Waals surface area (Å²) in [5.74, 6) is -3.07. The molecule has 5 nitrogen and oxygen atoms in total. The summed E-state index contributed by atoms with van der Waals surface area (Å²) in [6.45, 7) is 3.36. The number of carbonyl (C=O) groups excluding carboxylic acids is 1. The SMILES string of the molecule is CC1(C)OC([C@H](N)Cc2ccccc2)C([C@@H](Cc2ccccc2)NC(=O)C(F)(F)F)O1. The minimum atomic E-state index is -5.01. The molecule has 2 aromatic carbocycles. The number of alkyl halides is 3. The second-order valence-electron chi connectivity index (χ2n) is 8.19. The van der Waals surface area contributed by atoms with E-state index in [0.29, 0.717) is 6.42 Å². The summed E-state index contributed by atoms with van der Waals surface area (Å²) in [6.07, 6.45) is -5.99. The predicted octanol–water partition coefficient (Wildman–Crippen LogP) is 3.37. The van der Waals surface area contributed by atoms with Crippen molar-refractivity contribution in [2.45, 2.75) is 62.9 Å². The van der Waals surface area contributed by atoms with Gasteiger partial charge in [0, 0.05) is 6.04 Å². The number of carbonyl (C=O) groups is 1. The number of rotatable bonds is 7. The first-order valence-electron chi connectivity index (χ1n) is 10.1. The molecule has 0 spiro atoms. The Kier molecular flexibility index (Phi) is 7.03. The first kappa shape index (κ1) is 23.2. The second kappa shape index (κ2) is 9.38. The van der Waals surface area contributed by atoms with E-state index in [2.05, 4.69) is 5.32 Å². The third-order valence-corrected chi connectivity index (χ3v) is 5.17. The lowest BCUT2D eigenvalue weighted by atomic mass is 9.91. The van der Waals surface area contributed by atoms with Crippen LogP contribution in [-0.2, 0) is 27.1 Å². The zero-order valence-corrected chi connectivity index (χ0v) is 17.4. The van der Waals surface area contributed by atoms with Gasteiger partial charge in [-0.05, 0) is 37.8 Å². The number of ether oxygens (including phenoxy) is 2. The molecule has 0 bridgehead atoms. The molecule has 3 N–H and O–H groups in total. The number of nitrogens with two attached hydrogens (primary N) is 1. The van der Waals surface area contributed by atoms with Crippen LogP contribution in [-0.4, -0.2) is 42.2 Å². The van der Waals surface area contributed by atoms with Crippen LogP contribution in [0.5, 0.6) is 0 Å². The van der Waals surface area contributed by atoms with Gasteiger partial charge in [0.25, 0.3) is 0 Å². The van der Waals surface area contributed by atoms with Crippen molar-refractivity contribution in [2.24, 2.45) is 5.73 Å². The summed E-state index contributed by atoms with van der Waals surface area (Å²) in [4.78, 5) is 11.8. The van der Waals surface area contributed by atoms with Crippen molar-refractivity contribution in [3.05, 3.63) is 71.8 Å². The largest absolute Gasteiger partial charge is 0.471 e. The Morgan fingerprint density at radius 3 is 1.97 bits per heavy atom. The zero-order chi connectivity index (χ0) is 22.6. The molecule has 1 heterocycles. The summed E-state index contributed by atoms with van der Waals surface area (Å²) >= 11 is 0. The summed E-state index contributed by atoms with van der Waals surface area (Å²) in [6, 6.07) is 16.9. The van der Waals surface area contributed by atoms with Crippen LogP contribution in [0.1, 0.15) is 25.0 Å². The number of hydrogen-bond acceptors (Lipinski definition) is 4. The van der Waals surface area contributed by atoms with Crippen LogP contribution >= 0.6 is 0 Å². The molecule has 0 saturated carbocycles. The average molecular weight is 436 g/mol. The van der Waals surface area contributed by atoms with Gasteiger partial charge >= 0.3 is 12.1 Å². The fraction of sp³-hybridized carbons (Fsp3) is 0.435. The molecule has 1 amide bonds. The molecule has 8 heteroatoms. The van der Waals surface area contributed by atoms with E-state index in [1.54, 1.807) is 38.1 Å². The number of amides is 1. The molecule has 2 aromatic rings. The first-order valence-corrected chi connectivity index (χ1v) is 10.1. The van der Waals surface area contributed by atoms with Crippen molar-refractivity contribution in [2.75, 3.05) is 0 Å². The lowest BCUT2D eigenvalue weighted by molar-refractivity contribution is -0.176. The molecule has 0 aliphatic carbocycles. The Labute approximate surface area is 179 Å². The molecule has 1 saturated heterocycles. The predicted molar refractivity (Wildman–Crippen MR) is 110 cm³/mol. The third-order valence-electron chi connectivity index (χ3n) is 5.17. The van der Waals surface area contributed by atoms with E-state index >= 15 is 0 Å². The van der Waals surface area contributed by atoms with Gasteiger partial charge in [-0.2, -0.15) is 13.2 Å². The summed E-state index contributed by atoms with van der Waals surface area (Å²) in [5.41, 5.74) is 8.17. The van der Waals surface area contributed by atoms with Crippen LogP contribution in [0.3, 0.4) is 0 Å². The third kappa shape index (κ3) is 6.29. The highest BCUT2D eigenvalue weighted by Gasteiger charge is 2.49. The smallest absolute Gasteiger partial charge is 0.343 e. The molecule has 31 heavy (non-hydrogen) atoms. The highest BCUT2D eigenvalue weighted by molar-refractivity contribution is 5.82. The number of nitrogens with one attached hydrogen (secondary N) is 1. The number of halogens is 3. The van der Waals surface area contributed by atoms with Gasteiger partial charge in [0.1, 0.15) is 12.2 Å². The maximum absolute atomic E-state index is 13.0. The summed E-state index contributed by atoms with van der Waals surface area (Å²) in [5, 5.41) is 2.11. The lowest BCUT2D eigenvalue weighted by Gasteiger charge is -2.30. The molecule has 3 rings (SSSR count). The highest BCUT2D eigenvalue weighted by Crippen LogP contribution is 2.33. The summed E-state index contributed by atoms with van der Waals surface area (Å²) in [7, 11) is 0. The first-order chi connectivity index (χ1) is 14.5. The van der Waals surface area contributed by atoms with Crippen LogP contribution in [0.4, 0.5) is 13.2 Å². The molecule has 0 radical (unpaired) electrons. The van der Waals surface area contributed by atoms with Crippen LogP contribution < -0.4 is 11.1 Å². The molecule has 1 aliphatic heterocycles. The van der Waals surface area contributed by atoms with Gasteiger partial charge in [-0.15, -0.1) is 0 Å². The fourth-order valence-electron chi connectivity index (χ4n) is 3.83. The van der Waals surface area contributed by atoms with E-state index in [-0.39, 0.29) is 6.42 Å². The Morgan fingerprint density at radius 2 is 1.45 bits per heavy atom. The molecule has 0 aromatic heterocycles. The standard InChI is InChI=1S/C23H27F3N2O3/c1-22(2)30-19(17(27)13-15-9-5-3-6-10-15)20(31-22)18(28-21(29)23(24,25)26)14-16-11-7-4-8-12-16/h3-12,17-20H,13-14,27H2,1-2H3,(H,28,29)/t17-,18-,19?,20?/m1/s1. The Balaban J connectivity index is 1.86. The maximum atomic E-state index is 13.0. The topological polar surface area (TPSA) is 73.6 Å². The van der Waals surface area contributed by atoms with Crippen molar-refractivity contribution >= 4 is 5.91 Å². The molecule has 1 fully saturated rings. The normalized spacial score (nSPS) is 22.6. The minimum Gasteiger partial charge on any atom is -0.343 e. The van der Waals surface area contributed by atoms with Crippen LogP contribution in [0.25, 0.3) is 0 Å². The van der Waals surface area contributed by atoms with Crippen molar-refractivity contribution in [3.8, 4) is 0 Å². The van der Waals surface area contributed by atoms with E-state index in [1.807, 2.05) is 36.4 Å². The monoisotopic (exact) mass is 436 g/mol. The maximum Gasteiger partial charge on any atom is 0.471 e. The van der Waals surface area contributed by atoms with E-state index in [9.17, 15) is 18.0 Å². The fourth-order valence-corrected chi connectivity index (χ4v) is 3.83. The molecule has 1 aliphatic rings. The minimum absolute atomic E-state index is 0.140. The van der Waals surface area contributed by atoms with Gasteiger partial charge in [0.15, 0.2) is 5.79 Å². The molecule has 168 valence electrons. The van der Waals surface area contributed by atoms with Gasteiger partial charge in [0.05, 0.1) is 6.04 Å². The van der Waals surface area contributed by atoms with E-state index < -0.39 is 42.2 Å². The van der Waals surface area contributed by atoms with E-state index in [1.165, 1.54) is 0 Å². The van der Waals surface area contributed by atoms with Crippen molar-refractivity contribution in [1.82, 2.24) is 5.32 Å². The molecular formula is C23H27F3N2O3. The lowest BCUT2D eigenvalue weighted by Crippen LogP contribution is -2.56. The van der Waals surface area contributed by atoms with Gasteiger partial charge in [0.2, 0.25) is 0 Å². The molecule has 2 unspecified atom stereocenters. The van der Waals surface area contributed by atoms with Crippen LogP contribution in [0.2, 0.25) is 0 Å². The Hall–Kier alpha value is -2.42. The van der Waals surface area contributed by atoms with E-state index in [4.69, 9.17) is 15.2 Å². The second-order valence-corrected chi connectivity index (χ2v) is 8.19. The van der Waals surface area contributed by atoms with Crippen LogP contribution in [0, 0.1) is 0 Å². The quantitative estimate of drug-likeness (QED) is 0.698. The molecule has 4 atom stereocenters. The number of hydrogen-bond donors (Lipinski definition) is 2. The van der Waals surface area contributed by atoms with Crippen molar-refractivity contribution < 1.29 is 27.4 Å². The van der Waals surface area contributed by atoms with Crippen molar-refractivity contribution in [3.63, 3.8) is 0 Å². The molecular weight excluding hydrogens is 409 g/mol. The van der Waals surface area contributed by atoms with Gasteiger partial charge in [-0.1, -0.05) is 60.7 Å². The van der Waals surface area contributed by atoms with Crippen molar-refractivity contribution in [1.29, 1.82) is 0 Å². The average Bonchev–Trinajstić information content (AvgIpc) is 3.04. The van der Waals surface area contributed by atoms with Crippen LogP contribution in [0.15, 0.2) is 60.7 Å².